The molecule has 1 aliphatic heterocycles. The molecule has 7 heteroatoms. The Balaban J connectivity index is 1.46. The molecule has 2 unspecified atom stereocenters. The van der Waals surface area contributed by atoms with Crippen molar-refractivity contribution in [2.24, 2.45) is 5.92 Å². The number of thioether (sulfide) groups is 1. The van der Waals surface area contributed by atoms with Crippen molar-refractivity contribution in [2.45, 2.75) is 70.5 Å². The molecule has 0 radical (unpaired) electrons. The van der Waals surface area contributed by atoms with Crippen molar-refractivity contribution in [3.05, 3.63) is 17.0 Å². The number of amides is 1. The van der Waals surface area contributed by atoms with Crippen LogP contribution in [0.25, 0.3) is 5.78 Å². The quantitative estimate of drug-likeness (QED) is 0.772. The Kier molecular flexibility index (Phi) is 4.90. The van der Waals surface area contributed by atoms with Gasteiger partial charge in [-0.15, -0.1) is 5.10 Å². The smallest absolute Gasteiger partial charge is 0.253 e. The van der Waals surface area contributed by atoms with Gasteiger partial charge in [-0.3, -0.25) is 4.79 Å². The standard InChI is InChI=1S/C19H27N5OS/c1-12-13(2)20-18-21-19(22-24(18)14(12)3)26-11-17(25)23-10-6-8-15-7-4-5-9-16(15)23/h15-16H,4-11H2,1-3H3. The molecule has 2 aromatic heterocycles. The van der Waals surface area contributed by atoms with E-state index in [9.17, 15) is 4.79 Å². The summed E-state index contributed by atoms with van der Waals surface area (Å²) in [5, 5.41) is 5.18. The number of hydrogen-bond donors (Lipinski definition) is 0. The summed E-state index contributed by atoms with van der Waals surface area (Å²) in [6.45, 7) is 6.98. The maximum Gasteiger partial charge on any atom is 0.253 e. The molecule has 0 aromatic carbocycles. The highest BCUT2D eigenvalue weighted by atomic mass is 32.2. The van der Waals surface area contributed by atoms with Crippen molar-refractivity contribution < 1.29 is 4.79 Å². The van der Waals surface area contributed by atoms with E-state index in [2.05, 4.69) is 20.0 Å². The second kappa shape index (κ2) is 7.18. The number of aromatic nitrogens is 4. The average Bonchev–Trinajstić information content (AvgIpc) is 3.07. The molecule has 4 rings (SSSR count). The summed E-state index contributed by atoms with van der Waals surface area (Å²) < 4.78 is 1.78. The van der Waals surface area contributed by atoms with Crippen molar-refractivity contribution in [1.82, 2.24) is 24.5 Å². The molecule has 2 aromatic rings. The van der Waals surface area contributed by atoms with Gasteiger partial charge in [0.2, 0.25) is 11.1 Å². The number of rotatable bonds is 3. The number of aryl methyl sites for hydroxylation is 2. The van der Waals surface area contributed by atoms with Crippen molar-refractivity contribution in [2.75, 3.05) is 12.3 Å². The molecule has 140 valence electrons. The first-order valence-corrected chi connectivity index (χ1v) is 10.7. The number of piperidine rings is 1. The third-order valence-electron chi connectivity index (χ3n) is 6.13. The molecular formula is C19H27N5OS. The lowest BCUT2D eigenvalue weighted by Crippen LogP contribution is -2.50. The lowest BCUT2D eigenvalue weighted by atomic mass is 9.78. The zero-order chi connectivity index (χ0) is 18.3. The molecule has 6 nitrogen and oxygen atoms in total. The Labute approximate surface area is 158 Å². The highest BCUT2D eigenvalue weighted by Gasteiger charge is 2.35. The lowest BCUT2D eigenvalue weighted by molar-refractivity contribution is -0.134. The van der Waals surface area contributed by atoms with Gasteiger partial charge in [-0.05, 0) is 57.9 Å². The van der Waals surface area contributed by atoms with Crippen LogP contribution in [0.1, 0.15) is 55.5 Å². The van der Waals surface area contributed by atoms with Crippen LogP contribution in [0, 0.1) is 26.7 Å². The largest absolute Gasteiger partial charge is 0.339 e. The number of fused-ring (bicyclic) bond motifs is 2. The van der Waals surface area contributed by atoms with Crippen molar-refractivity contribution >= 4 is 23.4 Å². The maximum atomic E-state index is 12.8. The normalized spacial score (nSPS) is 23.3. The molecule has 0 N–H and O–H groups in total. The van der Waals surface area contributed by atoms with Gasteiger partial charge in [-0.1, -0.05) is 24.6 Å². The number of carbonyl (C=O) groups excluding carboxylic acids is 1. The third kappa shape index (κ3) is 3.21. The van der Waals surface area contributed by atoms with E-state index in [0.29, 0.717) is 22.7 Å². The van der Waals surface area contributed by atoms with Crippen LogP contribution < -0.4 is 0 Å². The lowest BCUT2D eigenvalue weighted by Gasteiger charge is -2.44. The maximum absolute atomic E-state index is 12.8. The average molecular weight is 374 g/mol. The number of likely N-dealkylation sites (tertiary alicyclic amines) is 1. The minimum Gasteiger partial charge on any atom is -0.339 e. The molecule has 3 heterocycles. The zero-order valence-corrected chi connectivity index (χ0v) is 16.7. The van der Waals surface area contributed by atoms with Gasteiger partial charge < -0.3 is 4.90 Å². The molecule has 0 bridgehead atoms. The van der Waals surface area contributed by atoms with E-state index in [0.717, 1.165) is 35.8 Å². The van der Waals surface area contributed by atoms with Gasteiger partial charge >= 0.3 is 0 Å². The Bertz CT molecular complexity index is 831. The van der Waals surface area contributed by atoms with Crippen LogP contribution in [0.2, 0.25) is 0 Å². The molecule has 1 aliphatic carbocycles. The molecule has 1 amide bonds. The Morgan fingerprint density at radius 3 is 2.73 bits per heavy atom. The summed E-state index contributed by atoms with van der Waals surface area (Å²) in [4.78, 5) is 24.0. The van der Waals surface area contributed by atoms with Crippen molar-refractivity contribution in [3.63, 3.8) is 0 Å². The highest BCUT2D eigenvalue weighted by Crippen LogP contribution is 2.35. The Morgan fingerprint density at radius 2 is 1.88 bits per heavy atom. The summed E-state index contributed by atoms with van der Waals surface area (Å²) in [7, 11) is 0. The highest BCUT2D eigenvalue weighted by molar-refractivity contribution is 7.99. The summed E-state index contributed by atoms with van der Waals surface area (Å²) >= 11 is 1.43. The zero-order valence-electron chi connectivity index (χ0n) is 15.9. The minimum atomic E-state index is 0.238. The monoisotopic (exact) mass is 373 g/mol. The first-order valence-electron chi connectivity index (χ1n) is 9.67. The fraction of sp³-hybridized carbons (Fsp3) is 0.684. The molecule has 0 spiro atoms. The fourth-order valence-corrected chi connectivity index (χ4v) is 5.15. The Hall–Kier alpha value is -1.63. The molecular weight excluding hydrogens is 346 g/mol. The molecule has 26 heavy (non-hydrogen) atoms. The van der Waals surface area contributed by atoms with Crippen LogP contribution >= 0.6 is 11.8 Å². The predicted octanol–water partition coefficient (Wildman–Crippen LogP) is 3.32. The molecule has 1 saturated heterocycles. The summed E-state index contributed by atoms with van der Waals surface area (Å²) in [5.41, 5.74) is 3.16. The van der Waals surface area contributed by atoms with Crippen LogP contribution in [-0.4, -0.2) is 48.7 Å². The van der Waals surface area contributed by atoms with Crippen molar-refractivity contribution in [1.29, 1.82) is 0 Å². The van der Waals surface area contributed by atoms with Gasteiger partial charge in [0.05, 0.1) is 5.75 Å². The van der Waals surface area contributed by atoms with E-state index in [4.69, 9.17) is 0 Å². The second-order valence-corrected chi connectivity index (χ2v) is 8.59. The van der Waals surface area contributed by atoms with E-state index in [1.165, 1.54) is 43.9 Å². The van der Waals surface area contributed by atoms with E-state index in [-0.39, 0.29) is 5.91 Å². The van der Waals surface area contributed by atoms with Crippen LogP contribution in [0.15, 0.2) is 5.16 Å². The first-order chi connectivity index (χ1) is 12.5. The van der Waals surface area contributed by atoms with E-state index >= 15 is 0 Å². The second-order valence-electron chi connectivity index (χ2n) is 7.64. The van der Waals surface area contributed by atoms with Gasteiger partial charge in [-0.2, -0.15) is 4.98 Å². The van der Waals surface area contributed by atoms with Crippen LogP contribution in [0.4, 0.5) is 0 Å². The van der Waals surface area contributed by atoms with Crippen LogP contribution in [0.3, 0.4) is 0 Å². The first kappa shape index (κ1) is 17.8. The minimum absolute atomic E-state index is 0.238. The number of carbonyl (C=O) groups is 1. The van der Waals surface area contributed by atoms with Gasteiger partial charge in [-0.25, -0.2) is 9.50 Å². The predicted molar refractivity (Wildman–Crippen MR) is 102 cm³/mol. The number of nitrogens with zero attached hydrogens (tertiary/aromatic N) is 5. The van der Waals surface area contributed by atoms with Crippen LogP contribution in [-0.2, 0) is 4.79 Å². The van der Waals surface area contributed by atoms with E-state index in [1.54, 1.807) is 4.52 Å². The fourth-order valence-electron chi connectivity index (χ4n) is 4.44. The summed E-state index contributed by atoms with van der Waals surface area (Å²) in [5.74, 6) is 1.99. The molecule has 1 saturated carbocycles. The van der Waals surface area contributed by atoms with Gasteiger partial charge in [0.15, 0.2) is 0 Å². The topological polar surface area (TPSA) is 63.4 Å². The Morgan fingerprint density at radius 1 is 1.12 bits per heavy atom. The summed E-state index contributed by atoms with van der Waals surface area (Å²) in [6, 6.07) is 0.467. The van der Waals surface area contributed by atoms with Crippen LogP contribution in [0.5, 0.6) is 0 Å². The molecule has 2 fully saturated rings. The van der Waals surface area contributed by atoms with Gasteiger partial charge in [0.25, 0.3) is 5.78 Å². The SMILES string of the molecule is Cc1nc2nc(SCC(=O)N3CCCC4CCCCC43)nn2c(C)c1C. The van der Waals surface area contributed by atoms with Crippen molar-refractivity contribution in [3.8, 4) is 0 Å². The van der Waals surface area contributed by atoms with E-state index < -0.39 is 0 Å². The van der Waals surface area contributed by atoms with Gasteiger partial charge in [0, 0.05) is 24.0 Å². The third-order valence-corrected chi connectivity index (χ3v) is 6.95. The summed E-state index contributed by atoms with van der Waals surface area (Å²) in [6.07, 6.45) is 7.49. The van der Waals surface area contributed by atoms with E-state index in [1.807, 2.05) is 20.8 Å². The molecule has 2 aliphatic rings. The molecule has 2 atom stereocenters. The number of hydrogen-bond acceptors (Lipinski definition) is 5. The van der Waals surface area contributed by atoms with Gasteiger partial charge in [0.1, 0.15) is 0 Å².